The zero-order valence-electron chi connectivity index (χ0n) is 37.8. The number of aromatic nitrogens is 4. The van der Waals surface area contributed by atoms with Crippen LogP contribution in [0.3, 0.4) is 0 Å². The average Bonchev–Trinajstić information content (AvgIpc) is 3.48. The summed E-state index contributed by atoms with van der Waals surface area (Å²) < 4.78 is 18.0. The average molecular weight is 770 g/mol. The zero-order valence-corrected chi connectivity index (χ0v) is 37.8. The molecule has 5 aromatic rings. The second-order valence-electron chi connectivity index (χ2n) is 20.4. The molecule has 304 valence electrons. The van der Waals surface area contributed by atoms with Gasteiger partial charge in [-0.1, -0.05) is 134 Å². The molecule has 1 aromatic carbocycles. The molecule has 6 rings (SSSR count). The van der Waals surface area contributed by atoms with Crippen LogP contribution in [0.2, 0.25) is 0 Å². The number of aryl methyl sites for hydroxylation is 1. The summed E-state index contributed by atoms with van der Waals surface area (Å²) >= 11 is 0. The van der Waals surface area contributed by atoms with Crippen LogP contribution in [0, 0.1) is 5.41 Å². The Hall–Kier alpha value is -4.29. The third-order valence-corrected chi connectivity index (χ3v) is 12.2. The van der Waals surface area contributed by atoms with E-state index >= 15 is 0 Å². The van der Waals surface area contributed by atoms with Gasteiger partial charge < -0.3 is 9.47 Å². The molecule has 0 saturated carbocycles. The van der Waals surface area contributed by atoms with Crippen LogP contribution >= 0.6 is 0 Å². The molecule has 57 heavy (non-hydrogen) atoms. The van der Waals surface area contributed by atoms with Crippen LogP contribution in [0.15, 0.2) is 73.2 Å². The molecule has 6 nitrogen and oxygen atoms in total. The van der Waals surface area contributed by atoms with Crippen LogP contribution in [0.4, 0.5) is 0 Å². The molecule has 1 atom stereocenters. The maximum absolute atomic E-state index is 7.00. The Bertz CT molecular complexity index is 2360. The summed E-state index contributed by atoms with van der Waals surface area (Å²) in [6.07, 6.45) is 12.0. The van der Waals surface area contributed by atoms with Crippen LogP contribution in [-0.2, 0) is 37.6 Å². The summed E-state index contributed by atoms with van der Waals surface area (Å²) in [6, 6.07) is 15.7. The van der Waals surface area contributed by atoms with E-state index in [9.17, 15) is 0 Å². The summed E-state index contributed by atoms with van der Waals surface area (Å²) in [7, 11) is 1.78. The minimum absolute atomic E-state index is 0.118. The standard InChI is InChI=1S/C51H69N4O2/c1-17-33-20-22-34(23-21-33)24-25-35(56-16)28-44(50(13,14)15)57-27-26-42-51(18-2,19-3)36-29-41(48(7,8)9)53-37-30-43(49(10,11)12)55-39-32-52-40(47(4,5)6)31-38(39)54(42)46(55)45(36)37/h17,20-23,26,28-32,44H,1,18-19,24-25,27H2,2-16H3/q+1. The van der Waals surface area contributed by atoms with Gasteiger partial charge in [-0.15, -0.1) is 0 Å². The van der Waals surface area contributed by atoms with Gasteiger partial charge in [-0.3, -0.25) is 9.97 Å². The molecular formula is C51H69N4O2+. The number of benzene rings is 1. The van der Waals surface area contributed by atoms with E-state index in [1.54, 1.807) is 7.11 Å². The quantitative estimate of drug-likeness (QED) is 0.0992. The number of allylic oxidation sites excluding steroid dienone is 2. The van der Waals surface area contributed by atoms with Crippen molar-refractivity contribution in [3.63, 3.8) is 0 Å². The second kappa shape index (κ2) is 15.1. The topological polar surface area (TPSA) is 52.5 Å². The van der Waals surface area contributed by atoms with Gasteiger partial charge in [0.2, 0.25) is 0 Å². The molecular weight excluding hydrogens is 701 g/mol. The first kappa shape index (κ1) is 42.3. The number of rotatable bonds is 11. The largest absolute Gasteiger partial charge is 0.501 e. The van der Waals surface area contributed by atoms with Gasteiger partial charge in [0.15, 0.2) is 11.0 Å². The van der Waals surface area contributed by atoms with Crippen LogP contribution < -0.4 is 4.57 Å². The molecule has 5 heterocycles. The van der Waals surface area contributed by atoms with Gasteiger partial charge >= 0.3 is 5.65 Å². The first-order chi connectivity index (χ1) is 26.6. The molecule has 1 aliphatic rings. The highest BCUT2D eigenvalue weighted by atomic mass is 16.5. The fourth-order valence-electron chi connectivity index (χ4n) is 8.57. The SMILES string of the molecule is C=Cc1ccc(CCC(=CC(OCC=C2[n+]3c4cc(C(C)(C)C)ncc4n4c(C(C)(C)C)cc5nc(C(C)(C)C)cc(c5c43)C2(CC)CC)C(C)(C)C)OC)cc1. The van der Waals surface area contributed by atoms with E-state index in [1.807, 2.05) is 6.08 Å². The Morgan fingerprint density at radius 2 is 1.53 bits per heavy atom. The van der Waals surface area contributed by atoms with Gasteiger partial charge in [0.25, 0.3) is 0 Å². The molecule has 0 aliphatic carbocycles. The molecule has 0 spiro atoms. The van der Waals surface area contributed by atoms with Crippen molar-refractivity contribution in [3.8, 4) is 0 Å². The lowest BCUT2D eigenvalue weighted by atomic mass is 9.69. The molecule has 0 radical (unpaired) electrons. The Balaban J connectivity index is 1.58. The van der Waals surface area contributed by atoms with E-state index in [-0.39, 0.29) is 33.2 Å². The third kappa shape index (κ3) is 7.83. The van der Waals surface area contributed by atoms with Crippen LogP contribution in [0.1, 0.15) is 150 Å². The molecule has 1 unspecified atom stereocenters. The first-order valence-corrected chi connectivity index (χ1v) is 21.1. The van der Waals surface area contributed by atoms with Crippen molar-refractivity contribution in [2.75, 3.05) is 13.7 Å². The lowest BCUT2D eigenvalue weighted by molar-refractivity contribution is -0.531. The van der Waals surface area contributed by atoms with Gasteiger partial charge in [0.1, 0.15) is 11.4 Å². The maximum Gasteiger partial charge on any atom is 0.302 e. The predicted molar refractivity (Wildman–Crippen MR) is 240 cm³/mol. The van der Waals surface area contributed by atoms with Crippen LogP contribution in [0.5, 0.6) is 0 Å². The summed E-state index contributed by atoms with van der Waals surface area (Å²) in [5, 5.41) is 1.24. The number of nitrogens with zero attached hydrogens (tertiary/aromatic N) is 4. The molecule has 4 aromatic heterocycles. The van der Waals surface area contributed by atoms with E-state index in [0.29, 0.717) is 6.61 Å². The van der Waals surface area contributed by atoms with Crippen molar-refractivity contribution < 1.29 is 14.0 Å². The molecule has 0 N–H and O–H groups in total. The number of hydrogen-bond acceptors (Lipinski definition) is 4. The van der Waals surface area contributed by atoms with Gasteiger partial charge in [0.05, 0.1) is 53.8 Å². The molecule has 0 fully saturated rings. The predicted octanol–water partition coefficient (Wildman–Crippen LogP) is 12.4. The Morgan fingerprint density at radius 1 is 0.877 bits per heavy atom. The fourth-order valence-corrected chi connectivity index (χ4v) is 8.57. The van der Waals surface area contributed by atoms with E-state index < -0.39 is 0 Å². The minimum atomic E-state index is -0.280. The Morgan fingerprint density at radius 3 is 2.07 bits per heavy atom. The van der Waals surface area contributed by atoms with Crippen molar-refractivity contribution in [2.24, 2.45) is 5.41 Å². The Kier molecular flexibility index (Phi) is 11.2. The zero-order chi connectivity index (χ0) is 41.9. The number of hydrogen-bond donors (Lipinski definition) is 0. The number of fused-ring (bicyclic) bond motifs is 3. The maximum atomic E-state index is 7.00. The highest BCUT2D eigenvalue weighted by Crippen LogP contribution is 2.49. The smallest absolute Gasteiger partial charge is 0.302 e. The third-order valence-electron chi connectivity index (χ3n) is 12.2. The summed E-state index contributed by atoms with van der Waals surface area (Å²) in [5.41, 5.74) is 12.2. The van der Waals surface area contributed by atoms with E-state index in [2.05, 4.69) is 173 Å². The van der Waals surface area contributed by atoms with Gasteiger partial charge in [0, 0.05) is 40.5 Å². The highest BCUT2D eigenvalue weighted by Gasteiger charge is 2.48. The monoisotopic (exact) mass is 770 g/mol. The van der Waals surface area contributed by atoms with Crippen molar-refractivity contribution in [1.82, 2.24) is 14.4 Å². The van der Waals surface area contributed by atoms with Crippen molar-refractivity contribution >= 4 is 39.4 Å². The fraction of sp³-hybridized carbons (Fsp3) is 0.510. The molecule has 0 saturated heterocycles. The highest BCUT2D eigenvalue weighted by molar-refractivity contribution is 6.01. The number of pyridine rings is 3. The van der Waals surface area contributed by atoms with E-state index in [0.717, 1.165) is 59.4 Å². The van der Waals surface area contributed by atoms with Gasteiger partial charge in [-0.05, 0) is 59.6 Å². The summed E-state index contributed by atoms with van der Waals surface area (Å²) in [6.45, 7) is 36.3. The molecule has 0 bridgehead atoms. The number of imidazole rings is 1. The van der Waals surface area contributed by atoms with Crippen molar-refractivity contribution in [1.29, 1.82) is 0 Å². The molecule has 1 aliphatic heterocycles. The first-order valence-electron chi connectivity index (χ1n) is 21.1. The van der Waals surface area contributed by atoms with Crippen LogP contribution in [0.25, 0.3) is 39.4 Å². The van der Waals surface area contributed by atoms with E-state index in [4.69, 9.17) is 19.4 Å². The van der Waals surface area contributed by atoms with Crippen LogP contribution in [-0.4, -0.2) is 34.2 Å². The van der Waals surface area contributed by atoms with Crippen molar-refractivity contribution in [2.45, 2.75) is 150 Å². The minimum Gasteiger partial charge on any atom is -0.501 e. The normalized spacial score (nSPS) is 16.3. The lowest BCUT2D eigenvalue weighted by Gasteiger charge is -2.38. The summed E-state index contributed by atoms with van der Waals surface area (Å²) in [5.74, 6) is 0.943. The van der Waals surface area contributed by atoms with Crippen molar-refractivity contribution in [3.05, 3.63) is 107 Å². The molecule has 6 heteroatoms. The Labute approximate surface area is 343 Å². The number of methoxy groups -OCH3 is 1. The summed E-state index contributed by atoms with van der Waals surface area (Å²) in [4.78, 5) is 10.6. The van der Waals surface area contributed by atoms with Gasteiger partial charge in [-0.25, -0.2) is 0 Å². The lowest BCUT2D eigenvalue weighted by Crippen LogP contribution is -2.48. The second-order valence-corrected chi connectivity index (χ2v) is 20.4. The number of ether oxygens (including phenoxy) is 2. The molecule has 0 amide bonds. The van der Waals surface area contributed by atoms with E-state index in [1.165, 1.54) is 39.1 Å². The van der Waals surface area contributed by atoms with Gasteiger partial charge in [-0.2, -0.15) is 8.97 Å².